The fourth-order valence-electron chi connectivity index (χ4n) is 3.95. The Balaban J connectivity index is 1.12. The Labute approximate surface area is 183 Å². The van der Waals surface area contributed by atoms with Crippen molar-refractivity contribution >= 4 is 11.6 Å². The fourth-order valence-corrected chi connectivity index (χ4v) is 3.95. The zero-order chi connectivity index (χ0) is 21.0. The Bertz CT molecular complexity index is 1030. The lowest BCUT2D eigenvalue weighted by Gasteiger charge is -2.10. The largest absolute Gasteiger partial charge is 0.457 e. The first-order valence-corrected chi connectivity index (χ1v) is 11.2. The minimum absolute atomic E-state index is 0.157. The zero-order valence-electron chi connectivity index (χ0n) is 17.6. The number of para-hydroxylation sites is 1. The van der Waals surface area contributed by atoms with Gasteiger partial charge >= 0.3 is 0 Å². The topological polar surface area (TPSA) is 50.4 Å². The van der Waals surface area contributed by atoms with Crippen LogP contribution in [0.5, 0.6) is 11.5 Å². The van der Waals surface area contributed by atoms with E-state index in [0.717, 1.165) is 48.2 Å². The van der Waals surface area contributed by atoms with E-state index in [4.69, 9.17) is 4.74 Å². The van der Waals surface area contributed by atoms with E-state index in [2.05, 4.69) is 47.0 Å². The molecule has 3 aromatic rings. The molecule has 0 radical (unpaired) electrons. The van der Waals surface area contributed by atoms with Crippen LogP contribution in [0.15, 0.2) is 78.9 Å². The van der Waals surface area contributed by atoms with E-state index >= 15 is 0 Å². The smallest absolute Gasteiger partial charge is 0.223 e. The van der Waals surface area contributed by atoms with Gasteiger partial charge in [-0.15, -0.1) is 0 Å². The van der Waals surface area contributed by atoms with Crippen LogP contribution in [-0.2, 0) is 11.3 Å². The maximum absolute atomic E-state index is 12.3. The summed E-state index contributed by atoms with van der Waals surface area (Å²) >= 11 is 0. The molecule has 158 valence electrons. The standard InChI is InChI=1S/C27H28N2O2/c30-27(29-17-19-9-10-19)26-16-25(26)21-11-13-22(14-12-21)28-18-20-5-4-8-24(15-20)31-23-6-2-1-3-7-23/h1-8,11-15,19,25-26,28H,9-10,16-18H2,(H,29,30). The first-order valence-electron chi connectivity index (χ1n) is 11.2. The quantitative estimate of drug-likeness (QED) is 0.472. The molecule has 0 aromatic heterocycles. The number of benzene rings is 3. The number of hydrogen-bond acceptors (Lipinski definition) is 3. The molecule has 2 aliphatic carbocycles. The van der Waals surface area contributed by atoms with Gasteiger partial charge in [-0.2, -0.15) is 0 Å². The molecule has 0 aliphatic heterocycles. The predicted octanol–water partition coefficient (Wildman–Crippen LogP) is 5.72. The summed E-state index contributed by atoms with van der Waals surface area (Å²) in [6.07, 6.45) is 3.51. The molecule has 5 rings (SSSR count). The summed E-state index contributed by atoms with van der Waals surface area (Å²) in [5.41, 5.74) is 3.50. The Kier molecular flexibility index (Phi) is 5.61. The van der Waals surface area contributed by atoms with E-state index < -0.39 is 0 Å². The van der Waals surface area contributed by atoms with E-state index in [1.165, 1.54) is 18.4 Å². The third kappa shape index (κ3) is 5.26. The van der Waals surface area contributed by atoms with Crippen LogP contribution in [0, 0.1) is 11.8 Å². The molecular weight excluding hydrogens is 384 g/mol. The van der Waals surface area contributed by atoms with Gasteiger partial charge in [-0.1, -0.05) is 42.5 Å². The molecule has 4 nitrogen and oxygen atoms in total. The fraction of sp³-hybridized carbons (Fsp3) is 0.296. The number of hydrogen-bond donors (Lipinski definition) is 2. The van der Waals surface area contributed by atoms with Crippen molar-refractivity contribution in [1.29, 1.82) is 0 Å². The van der Waals surface area contributed by atoms with Crippen molar-refractivity contribution in [2.75, 3.05) is 11.9 Å². The number of nitrogens with one attached hydrogen (secondary N) is 2. The lowest BCUT2D eigenvalue weighted by Crippen LogP contribution is -2.27. The first kappa shape index (κ1) is 19.7. The Morgan fingerprint density at radius 2 is 1.68 bits per heavy atom. The highest BCUT2D eigenvalue weighted by Crippen LogP contribution is 2.47. The first-order chi connectivity index (χ1) is 15.2. The van der Waals surface area contributed by atoms with Crippen LogP contribution in [0.3, 0.4) is 0 Å². The molecule has 2 saturated carbocycles. The SMILES string of the molecule is O=C(NCC1CC1)C1CC1c1ccc(NCc2cccc(Oc3ccccc3)c2)cc1. The number of carbonyl (C=O) groups excluding carboxylic acids is 1. The monoisotopic (exact) mass is 412 g/mol. The molecule has 0 heterocycles. The predicted molar refractivity (Wildman–Crippen MR) is 123 cm³/mol. The van der Waals surface area contributed by atoms with Gasteiger partial charge in [0.1, 0.15) is 11.5 Å². The third-order valence-corrected chi connectivity index (χ3v) is 6.10. The lowest BCUT2D eigenvalue weighted by atomic mass is 10.1. The summed E-state index contributed by atoms with van der Waals surface area (Å²) in [6, 6.07) is 26.5. The van der Waals surface area contributed by atoms with Crippen LogP contribution in [0.4, 0.5) is 5.69 Å². The summed E-state index contributed by atoms with van der Waals surface area (Å²) in [5.74, 6) is 3.17. The van der Waals surface area contributed by atoms with Crippen LogP contribution in [0.2, 0.25) is 0 Å². The van der Waals surface area contributed by atoms with Crippen LogP contribution in [0.1, 0.15) is 36.3 Å². The van der Waals surface area contributed by atoms with Gasteiger partial charge in [0, 0.05) is 24.7 Å². The highest BCUT2D eigenvalue weighted by atomic mass is 16.5. The van der Waals surface area contributed by atoms with Gasteiger partial charge in [-0.05, 0) is 78.6 Å². The van der Waals surface area contributed by atoms with Crippen molar-refractivity contribution < 1.29 is 9.53 Å². The molecule has 2 atom stereocenters. The Morgan fingerprint density at radius 1 is 0.903 bits per heavy atom. The van der Waals surface area contributed by atoms with Crippen molar-refractivity contribution in [2.24, 2.45) is 11.8 Å². The summed E-state index contributed by atoms with van der Waals surface area (Å²) in [4.78, 5) is 12.3. The van der Waals surface area contributed by atoms with E-state index in [0.29, 0.717) is 5.92 Å². The number of amides is 1. The normalized spacial score (nSPS) is 19.5. The van der Waals surface area contributed by atoms with E-state index in [9.17, 15) is 4.79 Å². The van der Waals surface area contributed by atoms with Gasteiger partial charge in [0.15, 0.2) is 0 Å². The van der Waals surface area contributed by atoms with Crippen LogP contribution in [-0.4, -0.2) is 12.5 Å². The van der Waals surface area contributed by atoms with Crippen LogP contribution >= 0.6 is 0 Å². The maximum Gasteiger partial charge on any atom is 0.223 e. The van der Waals surface area contributed by atoms with Gasteiger partial charge < -0.3 is 15.4 Å². The lowest BCUT2D eigenvalue weighted by molar-refractivity contribution is -0.122. The summed E-state index contributed by atoms with van der Waals surface area (Å²) < 4.78 is 5.92. The highest BCUT2D eigenvalue weighted by Gasteiger charge is 2.44. The summed E-state index contributed by atoms with van der Waals surface area (Å²) in [7, 11) is 0. The molecule has 0 saturated heterocycles. The van der Waals surface area contributed by atoms with Crippen LogP contribution in [0.25, 0.3) is 0 Å². The van der Waals surface area contributed by atoms with Gasteiger partial charge in [0.2, 0.25) is 5.91 Å². The average molecular weight is 413 g/mol. The van der Waals surface area contributed by atoms with Gasteiger partial charge in [-0.3, -0.25) is 4.79 Å². The van der Waals surface area contributed by atoms with Crippen molar-refractivity contribution in [2.45, 2.75) is 31.7 Å². The molecule has 1 amide bonds. The van der Waals surface area contributed by atoms with E-state index in [1.54, 1.807) is 0 Å². The molecule has 3 aromatic carbocycles. The molecule has 2 unspecified atom stereocenters. The number of ether oxygens (including phenoxy) is 1. The van der Waals surface area contributed by atoms with E-state index in [1.807, 2.05) is 42.5 Å². The number of carbonyl (C=O) groups is 1. The second-order valence-corrected chi connectivity index (χ2v) is 8.68. The van der Waals surface area contributed by atoms with Crippen molar-refractivity contribution in [1.82, 2.24) is 5.32 Å². The number of anilines is 1. The second kappa shape index (κ2) is 8.84. The zero-order valence-corrected chi connectivity index (χ0v) is 17.6. The second-order valence-electron chi connectivity index (χ2n) is 8.68. The minimum Gasteiger partial charge on any atom is -0.457 e. The van der Waals surface area contributed by atoms with E-state index in [-0.39, 0.29) is 11.8 Å². The highest BCUT2D eigenvalue weighted by molar-refractivity contribution is 5.83. The average Bonchev–Trinajstić information content (AvgIpc) is 3.72. The molecule has 31 heavy (non-hydrogen) atoms. The van der Waals surface area contributed by atoms with Crippen molar-refractivity contribution in [3.63, 3.8) is 0 Å². The maximum atomic E-state index is 12.3. The molecular formula is C27H28N2O2. The Morgan fingerprint density at radius 3 is 2.45 bits per heavy atom. The molecule has 0 spiro atoms. The van der Waals surface area contributed by atoms with Gasteiger partial charge in [0.25, 0.3) is 0 Å². The molecule has 2 aliphatic rings. The molecule has 2 fully saturated rings. The van der Waals surface area contributed by atoms with Gasteiger partial charge in [0.05, 0.1) is 0 Å². The number of rotatable bonds is 9. The molecule has 2 N–H and O–H groups in total. The van der Waals surface area contributed by atoms with Crippen molar-refractivity contribution in [3.05, 3.63) is 90.0 Å². The third-order valence-electron chi connectivity index (χ3n) is 6.10. The Hall–Kier alpha value is -3.27. The van der Waals surface area contributed by atoms with Crippen LogP contribution < -0.4 is 15.4 Å². The van der Waals surface area contributed by atoms with Gasteiger partial charge in [-0.25, -0.2) is 0 Å². The van der Waals surface area contributed by atoms with Crippen molar-refractivity contribution in [3.8, 4) is 11.5 Å². The summed E-state index contributed by atoms with van der Waals surface area (Å²) in [5, 5.41) is 6.59. The summed E-state index contributed by atoms with van der Waals surface area (Å²) in [6.45, 7) is 1.59. The minimum atomic E-state index is 0.157. The molecule has 0 bridgehead atoms. The molecule has 4 heteroatoms.